The summed E-state index contributed by atoms with van der Waals surface area (Å²) in [5.41, 5.74) is 1.03. The molecule has 0 spiro atoms. The Morgan fingerprint density at radius 2 is 2.12 bits per heavy atom. The average molecular weight is 359 g/mol. The molecule has 1 aliphatic rings. The fourth-order valence-electron chi connectivity index (χ4n) is 3.30. The van der Waals surface area contributed by atoms with Gasteiger partial charge in [-0.15, -0.1) is 10.2 Å². The molecule has 0 fully saturated rings. The van der Waals surface area contributed by atoms with Gasteiger partial charge < -0.3 is 19.7 Å². The fourth-order valence-corrected chi connectivity index (χ4v) is 3.30. The molecule has 0 saturated heterocycles. The number of hydrogen-bond acceptors (Lipinski definition) is 5. The van der Waals surface area contributed by atoms with Gasteiger partial charge in [-0.05, 0) is 26.2 Å². The van der Waals surface area contributed by atoms with Gasteiger partial charge in [-0.1, -0.05) is 19.0 Å². The highest BCUT2D eigenvalue weighted by Gasteiger charge is 2.17. The maximum atomic E-state index is 5.47. The quantitative estimate of drug-likeness (QED) is 0.555. The first kappa shape index (κ1) is 18.4. The van der Waals surface area contributed by atoms with Gasteiger partial charge in [0.05, 0.1) is 12.2 Å². The zero-order valence-electron chi connectivity index (χ0n) is 16.0. The molecular formula is C18H29N7O. The molecule has 2 N–H and O–H groups in total. The van der Waals surface area contributed by atoms with Gasteiger partial charge in [-0.25, -0.2) is 4.99 Å². The molecule has 0 saturated carbocycles. The van der Waals surface area contributed by atoms with E-state index in [0.29, 0.717) is 19.0 Å². The van der Waals surface area contributed by atoms with E-state index in [4.69, 9.17) is 4.52 Å². The first-order valence-corrected chi connectivity index (χ1v) is 9.63. The molecule has 8 nitrogen and oxygen atoms in total. The van der Waals surface area contributed by atoms with Crippen molar-refractivity contribution < 1.29 is 4.52 Å². The predicted molar refractivity (Wildman–Crippen MR) is 99.8 cm³/mol. The molecule has 0 radical (unpaired) electrons. The summed E-state index contributed by atoms with van der Waals surface area (Å²) in [6, 6.07) is 2.04. The Kier molecular flexibility index (Phi) is 6.25. The smallest absolute Gasteiger partial charge is 0.192 e. The minimum absolute atomic E-state index is 0.462. The summed E-state index contributed by atoms with van der Waals surface area (Å²) in [4.78, 5) is 4.63. The average Bonchev–Trinajstić information content (AvgIpc) is 3.36. The van der Waals surface area contributed by atoms with Crippen LogP contribution in [0.25, 0.3) is 0 Å². The van der Waals surface area contributed by atoms with Gasteiger partial charge in [-0.3, -0.25) is 0 Å². The van der Waals surface area contributed by atoms with Gasteiger partial charge in [0.25, 0.3) is 0 Å². The van der Waals surface area contributed by atoms with E-state index in [9.17, 15) is 0 Å². The van der Waals surface area contributed by atoms with Crippen molar-refractivity contribution in [2.24, 2.45) is 4.99 Å². The summed E-state index contributed by atoms with van der Waals surface area (Å²) in [5.74, 6) is 4.02. The number of guanidine groups is 1. The van der Waals surface area contributed by atoms with Crippen molar-refractivity contribution in [2.45, 2.75) is 72.0 Å². The Morgan fingerprint density at radius 1 is 1.27 bits per heavy atom. The van der Waals surface area contributed by atoms with Gasteiger partial charge in [0.2, 0.25) is 0 Å². The molecule has 3 rings (SSSR count). The second-order valence-electron chi connectivity index (χ2n) is 6.57. The summed E-state index contributed by atoms with van der Waals surface area (Å²) >= 11 is 0. The Balaban J connectivity index is 1.59. The van der Waals surface area contributed by atoms with Crippen molar-refractivity contribution in [3.8, 4) is 0 Å². The van der Waals surface area contributed by atoms with E-state index in [-0.39, 0.29) is 0 Å². The highest BCUT2D eigenvalue weighted by Crippen LogP contribution is 2.22. The van der Waals surface area contributed by atoms with Crippen molar-refractivity contribution in [1.29, 1.82) is 0 Å². The van der Waals surface area contributed by atoms with E-state index < -0.39 is 0 Å². The summed E-state index contributed by atoms with van der Waals surface area (Å²) in [6.07, 6.45) is 4.30. The largest absolute Gasteiger partial charge is 0.359 e. The highest BCUT2D eigenvalue weighted by atomic mass is 16.5. The second-order valence-corrected chi connectivity index (χ2v) is 6.57. The van der Waals surface area contributed by atoms with Gasteiger partial charge in [-0.2, -0.15) is 0 Å². The Labute approximate surface area is 154 Å². The lowest BCUT2D eigenvalue weighted by Crippen LogP contribution is -2.36. The number of fused-ring (bicyclic) bond motifs is 1. The van der Waals surface area contributed by atoms with E-state index in [1.165, 1.54) is 0 Å². The molecule has 2 aromatic rings. The normalized spacial score (nSPS) is 14.1. The minimum atomic E-state index is 0.462. The van der Waals surface area contributed by atoms with Crippen LogP contribution in [0.5, 0.6) is 0 Å². The van der Waals surface area contributed by atoms with Crippen molar-refractivity contribution in [3.05, 3.63) is 29.2 Å². The molecule has 3 heterocycles. The lowest BCUT2D eigenvalue weighted by atomic mass is 9.99. The van der Waals surface area contributed by atoms with E-state index >= 15 is 0 Å². The standard InChI is InChI=1S/C18H29N7O/c1-4-13(5-2)15-10-14(26-24-15)11-20-18(19-6-3)21-12-17-23-22-16-8-7-9-25(16)17/h10,13H,4-9,11-12H2,1-3H3,(H2,19,20,21). The van der Waals surface area contributed by atoms with Crippen molar-refractivity contribution >= 4 is 5.96 Å². The molecule has 26 heavy (non-hydrogen) atoms. The molecule has 2 aromatic heterocycles. The third-order valence-corrected chi connectivity index (χ3v) is 4.82. The van der Waals surface area contributed by atoms with Crippen molar-refractivity contribution in [2.75, 3.05) is 6.54 Å². The summed E-state index contributed by atoms with van der Waals surface area (Å²) in [5, 5.41) is 19.2. The molecule has 1 aliphatic heterocycles. The van der Waals surface area contributed by atoms with Gasteiger partial charge in [0.1, 0.15) is 12.4 Å². The van der Waals surface area contributed by atoms with Crippen LogP contribution in [0.3, 0.4) is 0 Å². The predicted octanol–water partition coefficient (Wildman–Crippen LogP) is 2.37. The molecule has 0 aromatic carbocycles. The maximum absolute atomic E-state index is 5.47. The number of nitrogens with zero attached hydrogens (tertiary/aromatic N) is 5. The zero-order valence-corrected chi connectivity index (χ0v) is 16.0. The number of aromatic nitrogens is 4. The number of aryl methyl sites for hydroxylation is 1. The van der Waals surface area contributed by atoms with E-state index in [1.807, 2.05) is 13.0 Å². The second kappa shape index (κ2) is 8.82. The third kappa shape index (κ3) is 4.23. The molecule has 0 aliphatic carbocycles. The van der Waals surface area contributed by atoms with Crippen molar-refractivity contribution in [3.63, 3.8) is 0 Å². The Bertz CT molecular complexity index is 730. The van der Waals surface area contributed by atoms with Gasteiger partial charge >= 0.3 is 0 Å². The van der Waals surface area contributed by atoms with Gasteiger partial charge in [0.15, 0.2) is 17.5 Å². The topological polar surface area (TPSA) is 93.2 Å². The lowest BCUT2D eigenvalue weighted by Gasteiger charge is -2.10. The van der Waals surface area contributed by atoms with Crippen LogP contribution in [0.1, 0.15) is 69.1 Å². The number of rotatable bonds is 8. The summed E-state index contributed by atoms with van der Waals surface area (Å²) < 4.78 is 7.64. The first-order chi connectivity index (χ1) is 12.7. The maximum Gasteiger partial charge on any atom is 0.192 e. The minimum Gasteiger partial charge on any atom is -0.359 e. The summed E-state index contributed by atoms with van der Waals surface area (Å²) in [7, 11) is 0. The van der Waals surface area contributed by atoms with E-state index in [0.717, 1.165) is 67.8 Å². The lowest BCUT2D eigenvalue weighted by molar-refractivity contribution is 0.368. The molecule has 142 valence electrons. The number of aliphatic imine (C=N–C) groups is 1. The van der Waals surface area contributed by atoms with E-state index in [2.05, 4.69) is 49.4 Å². The zero-order chi connectivity index (χ0) is 18.4. The molecule has 0 unspecified atom stereocenters. The molecule has 0 amide bonds. The summed E-state index contributed by atoms with van der Waals surface area (Å²) in [6.45, 7) is 9.25. The van der Waals surface area contributed by atoms with Crippen LogP contribution in [0.15, 0.2) is 15.6 Å². The monoisotopic (exact) mass is 359 g/mol. The van der Waals surface area contributed by atoms with Crippen LogP contribution in [0.4, 0.5) is 0 Å². The molecule has 0 atom stereocenters. The molecule has 0 bridgehead atoms. The van der Waals surface area contributed by atoms with Crippen LogP contribution in [-0.2, 0) is 26.1 Å². The van der Waals surface area contributed by atoms with Crippen LogP contribution in [0, 0.1) is 0 Å². The van der Waals surface area contributed by atoms with E-state index in [1.54, 1.807) is 0 Å². The Morgan fingerprint density at radius 3 is 2.88 bits per heavy atom. The SMILES string of the molecule is CCNC(=NCc1nnc2n1CCC2)NCc1cc(C(CC)CC)no1. The van der Waals surface area contributed by atoms with Crippen LogP contribution < -0.4 is 10.6 Å². The number of nitrogens with one attached hydrogen (secondary N) is 2. The number of hydrogen-bond donors (Lipinski definition) is 2. The molecular weight excluding hydrogens is 330 g/mol. The van der Waals surface area contributed by atoms with Crippen LogP contribution in [-0.4, -0.2) is 32.4 Å². The highest BCUT2D eigenvalue weighted by molar-refractivity contribution is 5.79. The van der Waals surface area contributed by atoms with Crippen LogP contribution >= 0.6 is 0 Å². The molecule has 8 heteroatoms. The third-order valence-electron chi connectivity index (χ3n) is 4.82. The fraction of sp³-hybridized carbons (Fsp3) is 0.667. The first-order valence-electron chi connectivity index (χ1n) is 9.63. The van der Waals surface area contributed by atoms with Crippen LogP contribution in [0.2, 0.25) is 0 Å². The Hall–Kier alpha value is -2.38. The van der Waals surface area contributed by atoms with Crippen molar-refractivity contribution in [1.82, 2.24) is 30.6 Å². The van der Waals surface area contributed by atoms with Gasteiger partial charge in [0, 0.05) is 31.5 Å².